The first-order valence-electron chi connectivity index (χ1n) is 20.8. The van der Waals surface area contributed by atoms with Gasteiger partial charge in [-0.1, -0.05) is 141 Å². The molecular formula is C43H83NO5S+. The third-order valence-corrected chi connectivity index (χ3v) is 8.77. The monoisotopic (exact) mass is 726 g/mol. The Morgan fingerprint density at radius 3 is 1.22 bits per heavy atom. The minimum absolute atomic E-state index is 0.150. The Kier molecular flexibility index (Phi) is 40.6. The van der Waals surface area contributed by atoms with Crippen molar-refractivity contribution in [1.82, 2.24) is 0 Å². The predicted octanol–water partition coefficient (Wildman–Crippen LogP) is 12.1. The largest absolute Gasteiger partial charge is 0.461 e. The normalized spacial score (nSPS) is 12.2. The number of hydrogen-bond donors (Lipinski definition) is 0. The Labute approximate surface area is 315 Å². The van der Waals surface area contributed by atoms with E-state index in [1.807, 2.05) is 0 Å². The molecule has 1 radical (unpaired) electrons. The van der Waals surface area contributed by atoms with Crippen LogP contribution in [0, 0.1) is 0 Å². The molecule has 1 unspecified atom stereocenters. The van der Waals surface area contributed by atoms with Gasteiger partial charge in [0.2, 0.25) is 0 Å². The second-order valence-electron chi connectivity index (χ2n) is 15.1. The predicted molar refractivity (Wildman–Crippen MR) is 217 cm³/mol. The maximum absolute atomic E-state index is 12.6. The number of quaternary nitrogens is 1. The average molecular weight is 726 g/mol. The molecule has 7 heteroatoms. The highest BCUT2D eigenvalue weighted by Crippen LogP contribution is 2.13. The lowest BCUT2D eigenvalue weighted by atomic mass is 10.1. The van der Waals surface area contributed by atoms with Crippen LogP contribution in [0.4, 0.5) is 0 Å². The number of nitrogens with zero attached hydrogens (tertiary/aromatic N) is 1. The topological polar surface area (TPSA) is 69.7 Å². The summed E-state index contributed by atoms with van der Waals surface area (Å²) < 4.78 is 20.8. The Hall–Kier alpha value is -1.60. The number of carbonyl (C=O) groups excluding carboxylic acids is 2. The highest BCUT2D eigenvalue weighted by Gasteiger charge is 2.23. The first-order valence-corrected chi connectivity index (χ1v) is 22.0. The summed E-state index contributed by atoms with van der Waals surface area (Å²) in [7, 11) is 6.20. The van der Waals surface area contributed by atoms with E-state index in [1.165, 1.54) is 135 Å². The summed E-state index contributed by atoms with van der Waals surface area (Å²) in [5.41, 5.74) is 0. The van der Waals surface area contributed by atoms with Crippen LogP contribution in [0.25, 0.3) is 0 Å². The molecule has 0 amide bonds. The molecule has 0 rings (SSSR count). The maximum atomic E-state index is 12.6. The summed E-state index contributed by atoms with van der Waals surface area (Å²) in [4.78, 5) is 24.9. The molecule has 0 spiro atoms. The SMILES string of the molecule is CCCCCCCC/C=C/CCCCCCCC(=O)OCC(C[N+](C)(C)C)OC(=O)CCCCCCC/C=C/CCCCCCCC.C[S]=O. The Morgan fingerprint density at radius 2 is 0.860 bits per heavy atom. The molecule has 0 heterocycles. The zero-order chi connectivity index (χ0) is 37.4. The van der Waals surface area contributed by atoms with Gasteiger partial charge in [0.1, 0.15) is 13.2 Å². The van der Waals surface area contributed by atoms with E-state index >= 15 is 0 Å². The van der Waals surface area contributed by atoms with E-state index in [-0.39, 0.29) is 18.5 Å². The first-order chi connectivity index (χ1) is 24.2. The van der Waals surface area contributed by atoms with Crippen LogP contribution in [0.15, 0.2) is 24.3 Å². The van der Waals surface area contributed by atoms with Crippen LogP contribution in [0.1, 0.15) is 194 Å². The van der Waals surface area contributed by atoms with Crippen molar-refractivity contribution in [2.24, 2.45) is 0 Å². The lowest BCUT2D eigenvalue weighted by Gasteiger charge is -2.28. The van der Waals surface area contributed by atoms with Crippen LogP contribution in [0.5, 0.6) is 0 Å². The van der Waals surface area contributed by atoms with Gasteiger partial charge in [0.15, 0.2) is 6.10 Å². The van der Waals surface area contributed by atoms with Gasteiger partial charge in [-0.15, -0.1) is 0 Å². The Morgan fingerprint density at radius 1 is 0.540 bits per heavy atom. The molecule has 0 saturated heterocycles. The van der Waals surface area contributed by atoms with Crippen molar-refractivity contribution in [3.05, 3.63) is 24.3 Å². The summed E-state index contributed by atoms with van der Waals surface area (Å²) in [5.74, 6) is -0.350. The summed E-state index contributed by atoms with van der Waals surface area (Å²) in [6.45, 7) is 5.31. The molecular weight excluding hydrogens is 643 g/mol. The summed E-state index contributed by atoms with van der Waals surface area (Å²) in [5, 5.41) is 0. The van der Waals surface area contributed by atoms with E-state index in [2.05, 4.69) is 59.3 Å². The standard InChI is InChI=1S/C42H80NO4.CH3OS/c1-6-8-10-12-14-16-18-20-22-24-26-28-30-32-34-36-41(44)46-39-40(38-43(3,4)5)47-42(45)37-35-33-31-29-27-25-23-21-19-17-15-13-11-9-7-2;1-3-2/h20-23,40H,6-19,24-39H2,1-5H3;1H3/q+1;/b22-20+,23-21+;. The molecule has 0 aliphatic carbocycles. The van der Waals surface area contributed by atoms with Crippen LogP contribution in [0.3, 0.4) is 0 Å². The van der Waals surface area contributed by atoms with Crippen LogP contribution in [-0.2, 0) is 30.7 Å². The number of ether oxygens (including phenoxy) is 2. The van der Waals surface area contributed by atoms with E-state index in [9.17, 15) is 9.59 Å². The third kappa shape index (κ3) is 44.4. The van der Waals surface area contributed by atoms with Gasteiger partial charge >= 0.3 is 11.9 Å². The molecule has 0 bridgehead atoms. The number of rotatable bonds is 35. The number of esters is 2. The molecule has 0 aromatic carbocycles. The maximum Gasteiger partial charge on any atom is 0.306 e. The van der Waals surface area contributed by atoms with Crippen LogP contribution >= 0.6 is 0 Å². The highest BCUT2D eigenvalue weighted by molar-refractivity contribution is 7.64. The van der Waals surface area contributed by atoms with Crippen molar-refractivity contribution in [3.63, 3.8) is 0 Å². The molecule has 0 fully saturated rings. The van der Waals surface area contributed by atoms with Gasteiger partial charge in [-0.2, -0.15) is 0 Å². The Balaban J connectivity index is 0. The van der Waals surface area contributed by atoms with Crippen molar-refractivity contribution < 1.29 is 27.8 Å². The zero-order valence-electron chi connectivity index (χ0n) is 34.0. The fraction of sp³-hybridized carbons (Fsp3) is 0.860. The van der Waals surface area contributed by atoms with E-state index in [1.54, 1.807) is 0 Å². The molecule has 0 aromatic heterocycles. The summed E-state index contributed by atoms with van der Waals surface area (Å²) in [6, 6.07) is 0. The van der Waals surface area contributed by atoms with Gasteiger partial charge in [-0.3, -0.25) is 9.59 Å². The molecule has 1 atom stereocenters. The Bertz CT molecular complexity index is 808. The lowest BCUT2D eigenvalue weighted by molar-refractivity contribution is -0.873. The molecule has 0 N–H and O–H groups in total. The quantitative estimate of drug-likeness (QED) is 0.0281. The van der Waals surface area contributed by atoms with E-state index < -0.39 is 6.10 Å². The van der Waals surface area contributed by atoms with E-state index in [0.29, 0.717) is 35.5 Å². The molecule has 295 valence electrons. The minimum Gasteiger partial charge on any atom is -0.461 e. The van der Waals surface area contributed by atoms with Crippen molar-refractivity contribution >= 4 is 23.6 Å². The number of carbonyl (C=O) groups is 2. The van der Waals surface area contributed by atoms with Gasteiger partial charge in [0.25, 0.3) is 0 Å². The lowest BCUT2D eigenvalue weighted by Crippen LogP contribution is -2.45. The van der Waals surface area contributed by atoms with Gasteiger partial charge in [0.05, 0.1) is 32.8 Å². The smallest absolute Gasteiger partial charge is 0.306 e. The summed E-state index contributed by atoms with van der Waals surface area (Å²) >= 11 is 0.500. The minimum atomic E-state index is -0.399. The molecule has 0 aromatic rings. The fourth-order valence-corrected chi connectivity index (χ4v) is 5.92. The number of likely N-dealkylation sites (N-methyl/N-ethyl adjacent to an activating group) is 1. The number of unbranched alkanes of at least 4 members (excludes halogenated alkanes) is 22. The molecule has 50 heavy (non-hydrogen) atoms. The third-order valence-electron chi connectivity index (χ3n) is 8.77. The van der Waals surface area contributed by atoms with E-state index in [0.717, 1.165) is 38.5 Å². The van der Waals surface area contributed by atoms with Gasteiger partial charge in [-0.25, -0.2) is 4.21 Å². The zero-order valence-corrected chi connectivity index (χ0v) is 34.8. The molecule has 0 aliphatic rings. The van der Waals surface area contributed by atoms with Crippen molar-refractivity contribution in [2.75, 3.05) is 40.6 Å². The van der Waals surface area contributed by atoms with Crippen molar-refractivity contribution in [2.45, 2.75) is 200 Å². The van der Waals surface area contributed by atoms with Gasteiger partial charge in [0, 0.05) is 19.1 Å². The number of allylic oxidation sites excluding steroid dienone is 4. The second-order valence-corrected chi connectivity index (χ2v) is 15.4. The fourth-order valence-electron chi connectivity index (χ4n) is 5.92. The number of hydrogen-bond acceptors (Lipinski definition) is 5. The van der Waals surface area contributed by atoms with Gasteiger partial charge < -0.3 is 14.0 Å². The summed E-state index contributed by atoms with van der Waals surface area (Å²) in [6.07, 6.45) is 43.6. The molecule has 0 aliphatic heterocycles. The van der Waals surface area contributed by atoms with E-state index in [4.69, 9.17) is 13.7 Å². The average Bonchev–Trinajstić information content (AvgIpc) is 3.07. The van der Waals surface area contributed by atoms with Crippen LogP contribution in [-0.4, -0.2) is 67.3 Å². The highest BCUT2D eigenvalue weighted by atomic mass is 32.1. The molecule has 6 nitrogen and oxygen atoms in total. The van der Waals surface area contributed by atoms with Crippen LogP contribution < -0.4 is 0 Å². The van der Waals surface area contributed by atoms with Crippen molar-refractivity contribution in [3.8, 4) is 0 Å². The van der Waals surface area contributed by atoms with Crippen molar-refractivity contribution in [1.29, 1.82) is 0 Å². The van der Waals surface area contributed by atoms with Crippen LogP contribution in [0.2, 0.25) is 0 Å². The second kappa shape index (κ2) is 40.2. The first kappa shape index (κ1) is 50.5. The van der Waals surface area contributed by atoms with Gasteiger partial charge in [-0.05, 0) is 64.2 Å². The molecule has 0 saturated carbocycles.